The van der Waals surface area contributed by atoms with Crippen LogP contribution in [-0.2, 0) is 4.79 Å². The summed E-state index contributed by atoms with van der Waals surface area (Å²) in [6.45, 7) is 2.02. The number of methoxy groups -OCH3 is 2. The smallest absolute Gasteiger partial charge is 0.250 e. The summed E-state index contributed by atoms with van der Waals surface area (Å²) in [6, 6.07) is 20.4. The molecule has 10 heteroatoms. The molecule has 2 N–H and O–H groups in total. The number of thioether (sulfide) groups is 1. The Hall–Kier alpha value is -4.31. The number of aromatic hydroxyl groups is 1. The van der Waals surface area contributed by atoms with E-state index in [0.717, 1.165) is 22.6 Å². The molecule has 0 saturated carbocycles. The van der Waals surface area contributed by atoms with Crippen molar-refractivity contribution in [2.45, 2.75) is 12.1 Å². The standard InChI is InChI=1S/C26H25N5O4S/c1-17-4-9-20(10-5-17)31-25(19-7-11-21(34-2)12-8-19)29-30-26(31)36-16-24(33)28-27-15-18-6-13-22(32)23(14-18)35-3/h4-15,32H,16H2,1-3H3,(H,28,33)/b27-15-. The van der Waals surface area contributed by atoms with Crippen LogP contribution in [-0.4, -0.2) is 52.0 Å². The molecule has 4 aromatic rings. The van der Waals surface area contributed by atoms with Gasteiger partial charge in [0.05, 0.1) is 26.2 Å². The first-order valence-electron chi connectivity index (χ1n) is 11.0. The fraction of sp³-hybridized carbons (Fsp3) is 0.154. The molecule has 1 aromatic heterocycles. The van der Waals surface area contributed by atoms with Gasteiger partial charge in [-0.25, -0.2) is 5.43 Å². The first kappa shape index (κ1) is 24.8. The van der Waals surface area contributed by atoms with Crippen LogP contribution in [0.4, 0.5) is 0 Å². The average molecular weight is 504 g/mol. The molecule has 4 rings (SSSR count). The number of hydrazone groups is 1. The third-order valence-corrected chi connectivity index (χ3v) is 6.14. The van der Waals surface area contributed by atoms with Gasteiger partial charge in [0.1, 0.15) is 5.75 Å². The molecule has 1 amide bonds. The van der Waals surface area contributed by atoms with Crippen molar-refractivity contribution in [1.82, 2.24) is 20.2 Å². The molecule has 0 atom stereocenters. The van der Waals surface area contributed by atoms with E-state index in [-0.39, 0.29) is 17.4 Å². The maximum absolute atomic E-state index is 12.4. The van der Waals surface area contributed by atoms with E-state index in [9.17, 15) is 9.90 Å². The largest absolute Gasteiger partial charge is 0.504 e. The van der Waals surface area contributed by atoms with Gasteiger partial charge in [0.15, 0.2) is 22.5 Å². The van der Waals surface area contributed by atoms with Crippen molar-refractivity contribution in [2.24, 2.45) is 5.10 Å². The van der Waals surface area contributed by atoms with Gasteiger partial charge in [-0.15, -0.1) is 10.2 Å². The summed E-state index contributed by atoms with van der Waals surface area (Å²) in [4.78, 5) is 12.4. The second-order valence-corrected chi connectivity index (χ2v) is 8.66. The van der Waals surface area contributed by atoms with Crippen LogP contribution in [0.3, 0.4) is 0 Å². The van der Waals surface area contributed by atoms with Crippen molar-refractivity contribution in [3.8, 4) is 34.3 Å². The minimum Gasteiger partial charge on any atom is -0.504 e. The van der Waals surface area contributed by atoms with E-state index in [4.69, 9.17) is 9.47 Å². The second kappa shape index (κ2) is 11.4. The normalized spacial score (nSPS) is 11.0. The van der Waals surface area contributed by atoms with Gasteiger partial charge in [0, 0.05) is 11.3 Å². The third kappa shape index (κ3) is 5.84. The van der Waals surface area contributed by atoms with Gasteiger partial charge in [-0.3, -0.25) is 9.36 Å². The lowest BCUT2D eigenvalue weighted by Gasteiger charge is -2.11. The average Bonchev–Trinajstić information content (AvgIpc) is 3.33. The maximum atomic E-state index is 12.4. The number of aryl methyl sites for hydroxylation is 1. The second-order valence-electron chi connectivity index (χ2n) is 7.72. The molecule has 0 radical (unpaired) electrons. The lowest BCUT2D eigenvalue weighted by Crippen LogP contribution is -2.20. The molecule has 0 fully saturated rings. The molecule has 0 spiro atoms. The van der Waals surface area contributed by atoms with Gasteiger partial charge in [0.2, 0.25) is 0 Å². The Kier molecular flexibility index (Phi) is 7.86. The zero-order chi connectivity index (χ0) is 25.5. The summed E-state index contributed by atoms with van der Waals surface area (Å²) in [5, 5.41) is 23.0. The van der Waals surface area contributed by atoms with E-state index in [1.54, 1.807) is 19.2 Å². The van der Waals surface area contributed by atoms with E-state index < -0.39 is 0 Å². The first-order chi connectivity index (χ1) is 17.5. The molecule has 0 bridgehead atoms. The Bertz CT molecular complexity index is 1370. The van der Waals surface area contributed by atoms with Crippen molar-refractivity contribution in [2.75, 3.05) is 20.0 Å². The summed E-state index contributed by atoms with van der Waals surface area (Å²) in [7, 11) is 3.08. The molecular weight excluding hydrogens is 478 g/mol. The number of amides is 1. The minimum atomic E-state index is -0.300. The van der Waals surface area contributed by atoms with Gasteiger partial charge in [-0.05, 0) is 67.1 Å². The minimum absolute atomic E-state index is 0.0294. The van der Waals surface area contributed by atoms with Crippen molar-refractivity contribution >= 4 is 23.9 Å². The van der Waals surface area contributed by atoms with Crippen LogP contribution < -0.4 is 14.9 Å². The van der Waals surface area contributed by atoms with Crippen molar-refractivity contribution < 1.29 is 19.4 Å². The number of rotatable bonds is 9. The molecule has 0 saturated heterocycles. The molecule has 0 aliphatic carbocycles. The molecule has 0 aliphatic heterocycles. The summed E-state index contributed by atoms with van der Waals surface area (Å²) >= 11 is 1.26. The molecule has 184 valence electrons. The van der Waals surface area contributed by atoms with Crippen LogP contribution in [0.5, 0.6) is 17.2 Å². The molecule has 0 unspecified atom stereocenters. The quantitative estimate of drug-likeness (QED) is 0.200. The Labute approximate surface area is 212 Å². The maximum Gasteiger partial charge on any atom is 0.250 e. The zero-order valence-electron chi connectivity index (χ0n) is 20.0. The number of phenols is 1. The summed E-state index contributed by atoms with van der Waals surface area (Å²) in [5.74, 6) is 1.54. The fourth-order valence-electron chi connectivity index (χ4n) is 3.33. The number of nitrogens with one attached hydrogen (secondary N) is 1. The summed E-state index contributed by atoms with van der Waals surface area (Å²) in [5.41, 5.74) is 6.07. The van der Waals surface area contributed by atoms with Crippen LogP contribution in [0.1, 0.15) is 11.1 Å². The molecule has 3 aromatic carbocycles. The molecule has 1 heterocycles. The number of benzene rings is 3. The van der Waals surface area contributed by atoms with Gasteiger partial charge >= 0.3 is 0 Å². The molecule has 0 aliphatic rings. The van der Waals surface area contributed by atoms with Gasteiger partial charge in [-0.1, -0.05) is 29.5 Å². The van der Waals surface area contributed by atoms with Crippen molar-refractivity contribution in [3.05, 3.63) is 77.9 Å². The van der Waals surface area contributed by atoms with Gasteiger partial charge < -0.3 is 14.6 Å². The number of hydrogen-bond donors (Lipinski definition) is 2. The molecule has 36 heavy (non-hydrogen) atoms. The molecular formula is C26H25N5O4S. The summed E-state index contributed by atoms with van der Waals surface area (Å²) < 4.78 is 12.3. The Morgan fingerprint density at radius 3 is 2.50 bits per heavy atom. The SMILES string of the molecule is COc1ccc(-c2nnc(SCC(=O)N/N=C\c3ccc(O)c(OC)c3)n2-c2ccc(C)cc2)cc1. The van der Waals surface area contributed by atoms with E-state index in [1.807, 2.05) is 60.0 Å². The number of phenolic OH excluding ortho intramolecular Hbond substituents is 1. The van der Waals surface area contributed by atoms with E-state index in [1.165, 1.54) is 31.2 Å². The number of carbonyl (C=O) groups is 1. The van der Waals surface area contributed by atoms with E-state index in [0.29, 0.717) is 22.3 Å². The number of ether oxygens (including phenoxy) is 2. The first-order valence-corrected chi connectivity index (χ1v) is 12.0. The van der Waals surface area contributed by atoms with E-state index >= 15 is 0 Å². The van der Waals surface area contributed by atoms with Gasteiger partial charge in [0.25, 0.3) is 5.91 Å². The monoisotopic (exact) mass is 503 g/mol. The highest BCUT2D eigenvalue weighted by atomic mass is 32.2. The number of hydrogen-bond acceptors (Lipinski definition) is 8. The molecule has 9 nitrogen and oxygen atoms in total. The van der Waals surface area contributed by atoms with Crippen molar-refractivity contribution in [3.63, 3.8) is 0 Å². The van der Waals surface area contributed by atoms with Crippen LogP contribution >= 0.6 is 11.8 Å². The van der Waals surface area contributed by atoms with Crippen LogP contribution in [0.2, 0.25) is 0 Å². The Morgan fingerprint density at radius 2 is 1.81 bits per heavy atom. The lowest BCUT2D eigenvalue weighted by molar-refractivity contribution is -0.118. The van der Waals surface area contributed by atoms with Crippen LogP contribution in [0, 0.1) is 6.92 Å². The Balaban J connectivity index is 1.50. The highest BCUT2D eigenvalue weighted by Crippen LogP contribution is 2.29. The van der Waals surface area contributed by atoms with E-state index in [2.05, 4.69) is 20.7 Å². The van der Waals surface area contributed by atoms with Crippen molar-refractivity contribution in [1.29, 1.82) is 0 Å². The van der Waals surface area contributed by atoms with Crippen LogP contribution in [0.15, 0.2) is 77.0 Å². The number of carbonyl (C=O) groups excluding carboxylic acids is 1. The highest BCUT2D eigenvalue weighted by Gasteiger charge is 2.17. The number of aromatic nitrogens is 3. The topological polar surface area (TPSA) is 111 Å². The Morgan fingerprint density at radius 1 is 1.06 bits per heavy atom. The highest BCUT2D eigenvalue weighted by molar-refractivity contribution is 7.99. The van der Waals surface area contributed by atoms with Gasteiger partial charge in [-0.2, -0.15) is 5.10 Å². The van der Waals surface area contributed by atoms with Crippen LogP contribution in [0.25, 0.3) is 17.1 Å². The number of nitrogens with zero attached hydrogens (tertiary/aromatic N) is 4. The summed E-state index contributed by atoms with van der Waals surface area (Å²) in [6.07, 6.45) is 1.47. The lowest BCUT2D eigenvalue weighted by atomic mass is 10.2. The predicted octanol–water partition coefficient (Wildman–Crippen LogP) is 4.21. The zero-order valence-corrected chi connectivity index (χ0v) is 20.8. The fourth-order valence-corrected chi connectivity index (χ4v) is 4.08. The predicted molar refractivity (Wildman–Crippen MR) is 139 cm³/mol. The third-order valence-electron chi connectivity index (χ3n) is 5.21.